The number of nitrogens with one attached hydrogen (secondary N) is 1. The molecule has 0 unspecified atom stereocenters. The van der Waals surface area contributed by atoms with Gasteiger partial charge < -0.3 is 14.8 Å². The van der Waals surface area contributed by atoms with Crippen molar-refractivity contribution in [2.75, 3.05) is 13.7 Å². The molecule has 0 bridgehead atoms. The van der Waals surface area contributed by atoms with E-state index in [0.717, 1.165) is 30.2 Å². The van der Waals surface area contributed by atoms with Crippen LogP contribution in [0.3, 0.4) is 0 Å². The van der Waals surface area contributed by atoms with Gasteiger partial charge in [-0.2, -0.15) is 0 Å². The van der Waals surface area contributed by atoms with E-state index in [2.05, 4.69) is 23.3 Å². The number of nitrogens with zero attached hydrogens (tertiary/aromatic N) is 1. The van der Waals surface area contributed by atoms with E-state index in [1.54, 1.807) is 19.5 Å². The SMILES string of the molecule is CCCCNCc1ccc(OCc2ccncc2)c(OC)c1. The molecule has 1 aromatic heterocycles. The van der Waals surface area contributed by atoms with Gasteiger partial charge in [0.2, 0.25) is 0 Å². The second kappa shape index (κ2) is 9.05. The van der Waals surface area contributed by atoms with Gasteiger partial charge in [-0.05, 0) is 48.4 Å². The molecular weight excluding hydrogens is 276 g/mol. The molecular formula is C18H24N2O2. The lowest BCUT2D eigenvalue weighted by atomic mass is 10.2. The molecule has 22 heavy (non-hydrogen) atoms. The molecule has 0 saturated heterocycles. The van der Waals surface area contributed by atoms with Crippen molar-refractivity contribution in [3.05, 3.63) is 53.9 Å². The Morgan fingerprint density at radius 3 is 2.59 bits per heavy atom. The second-order valence-corrected chi connectivity index (χ2v) is 5.16. The molecule has 0 amide bonds. The molecule has 4 nitrogen and oxygen atoms in total. The van der Waals surface area contributed by atoms with E-state index in [-0.39, 0.29) is 0 Å². The van der Waals surface area contributed by atoms with Gasteiger partial charge in [-0.25, -0.2) is 0 Å². The van der Waals surface area contributed by atoms with E-state index in [1.165, 1.54) is 18.4 Å². The lowest BCUT2D eigenvalue weighted by Gasteiger charge is -2.12. The van der Waals surface area contributed by atoms with Crippen LogP contribution in [0.2, 0.25) is 0 Å². The predicted octanol–water partition coefficient (Wildman–Crippen LogP) is 3.56. The number of rotatable bonds is 9. The first kappa shape index (κ1) is 16.3. The Morgan fingerprint density at radius 1 is 1.05 bits per heavy atom. The fourth-order valence-corrected chi connectivity index (χ4v) is 2.12. The largest absolute Gasteiger partial charge is 0.493 e. The van der Waals surface area contributed by atoms with E-state index in [4.69, 9.17) is 9.47 Å². The van der Waals surface area contributed by atoms with Crippen LogP contribution < -0.4 is 14.8 Å². The third kappa shape index (κ3) is 5.04. The lowest BCUT2D eigenvalue weighted by molar-refractivity contribution is 0.284. The van der Waals surface area contributed by atoms with Crippen LogP contribution in [0.5, 0.6) is 11.5 Å². The number of methoxy groups -OCH3 is 1. The monoisotopic (exact) mass is 300 g/mol. The zero-order valence-electron chi connectivity index (χ0n) is 13.3. The second-order valence-electron chi connectivity index (χ2n) is 5.16. The van der Waals surface area contributed by atoms with Crippen molar-refractivity contribution in [2.24, 2.45) is 0 Å². The van der Waals surface area contributed by atoms with Crippen molar-refractivity contribution in [3.63, 3.8) is 0 Å². The Labute approximate surface area is 132 Å². The van der Waals surface area contributed by atoms with Gasteiger partial charge in [0.05, 0.1) is 7.11 Å². The first-order chi connectivity index (χ1) is 10.8. The molecule has 0 spiro atoms. The minimum absolute atomic E-state index is 0.507. The first-order valence-electron chi connectivity index (χ1n) is 7.72. The van der Waals surface area contributed by atoms with Gasteiger partial charge in [-0.15, -0.1) is 0 Å². The zero-order valence-corrected chi connectivity index (χ0v) is 13.3. The van der Waals surface area contributed by atoms with Gasteiger partial charge in [0.1, 0.15) is 6.61 Å². The highest BCUT2D eigenvalue weighted by Gasteiger charge is 2.06. The highest BCUT2D eigenvalue weighted by Crippen LogP contribution is 2.28. The standard InChI is InChI=1S/C18H24N2O2/c1-3-4-9-20-13-16-5-6-17(18(12-16)21-2)22-14-15-7-10-19-11-8-15/h5-8,10-12,20H,3-4,9,13-14H2,1-2H3. The van der Waals surface area contributed by atoms with Crippen molar-refractivity contribution >= 4 is 0 Å². The van der Waals surface area contributed by atoms with Crippen molar-refractivity contribution in [1.29, 1.82) is 0 Å². The van der Waals surface area contributed by atoms with Gasteiger partial charge in [-0.1, -0.05) is 19.4 Å². The fraction of sp³-hybridized carbons (Fsp3) is 0.389. The molecule has 0 aliphatic rings. The molecule has 2 rings (SSSR count). The van der Waals surface area contributed by atoms with E-state index in [1.807, 2.05) is 24.3 Å². The third-order valence-corrected chi connectivity index (χ3v) is 3.41. The fourth-order valence-electron chi connectivity index (χ4n) is 2.12. The van der Waals surface area contributed by atoms with E-state index in [9.17, 15) is 0 Å². The normalized spacial score (nSPS) is 10.5. The van der Waals surface area contributed by atoms with Crippen molar-refractivity contribution in [3.8, 4) is 11.5 Å². The highest BCUT2D eigenvalue weighted by molar-refractivity contribution is 5.43. The van der Waals surface area contributed by atoms with E-state index < -0.39 is 0 Å². The number of ether oxygens (including phenoxy) is 2. The summed E-state index contributed by atoms with van der Waals surface area (Å²) in [6.07, 6.45) is 5.93. The number of unbranched alkanes of at least 4 members (excludes halogenated alkanes) is 1. The summed E-state index contributed by atoms with van der Waals surface area (Å²) in [4.78, 5) is 4.00. The van der Waals surface area contributed by atoms with Crippen LogP contribution in [0.4, 0.5) is 0 Å². The minimum atomic E-state index is 0.507. The molecule has 2 aromatic rings. The Balaban J connectivity index is 1.93. The number of hydrogen-bond acceptors (Lipinski definition) is 4. The number of aromatic nitrogens is 1. The van der Waals surface area contributed by atoms with Crippen LogP contribution in [-0.2, 0) is 13.2 Å². The quantitative estimate of drug-likeness (QED) is 0.719. The summed E-state index contributed by atoms with van der Waals surface area (Å²) in [6, 6.07) is 9.96. The summed E-state index contributed by atoms with van der Waals surface area (Å²) in [7, 11) is 1.67. The molecule has 1 heterocycles. The average Bonchev–Trinajstić information content (AvgIpc) is 2.58. The molecule has 0 aliphatic carbocycles. The van der Waals surface area contributed by atoms with Crippen LogP contribution in [-0.4, -0.2) is 18.6 Å². The van der Waals surface area contributed by atoms with Crippen molar-refractivity contribution in [1.82, 2.24) is 10.3 Å². The summed E-state index contributed by atoms with van der Waals surface area (Å²) in [6.45, 7) is 4.59. The molecule has 4 heteroatoms. The topological polar surface area (TPSA) is 43.4 Å². The molecule has 0 fully saturated rings. The summed E-state index contributed by atoms with van der Waals surface area (Å²) >= 11 is 0. The maximum atomic E-state index is 5.84. The predicted molar refractivity (Wildman–Crippen MR) is 88.2 cm³/mol. The van der Waals surface area contributed by atoms with Crippen LogP contribution in [0, 0.1) is 0 Å². The van der Waals surface area contributed by atoms with Gasteiger partial charge in [0.15, 0.2) is 11.5 Å². The Morgan fingerprint density at radius 2 is 1.86 bits per heavy atom. The van der Waals surface area contributed by atoms with Crippen molar-refractivity contribution in [2.45, 2.75) is 32.9 Å². The van der Waals surface area contributed by atoms with Crippen LogP contribution in [0.15, 0.2) is 42.7 Å². The maximum Gasteiger partial charge on any atom is 0.161 e. The van der Waals surface area contributed by atoms with E-state index in [0.29, 0.717) is 6.61 Å². The Kier molecular flexibility index (Phi) is 6.71. The summed E-state index contributed by atoms with van der Waals surface area (Å²) < 4.78 is 11.3. The van der Waals surface area contributed by atoms with Gasteiger partial charge in [0, 0.05) is 18.9 Å². The zero-order chi connectivity index (χ0) is 15.6. The molecule has 0 radical (unpaired) electrons. The van der Waals surface area contributed by atoms with Crippen LogP contribution in [0.1, 0.15) is 30.9 Å². The van der Waals surface area contributed by atoms with Gasteiger partial charge in [-0.3, -0.25) is 4.98 Å². The van der Waals surface area contributed by atoms with Crippen molar-refractivity contribution < 1.29 is 9.47 Å². The minimum Gasteiger partial charge on any atom is -0.493 e. The van der Waals surface area contributed by atoms with Gasteiger partial charge in [0.25, 0.3) is 0 Å². The Hall–Kier alpha value is -2.07. The number of pyridine rings is 1. The number of benzene rings is 1. The first-order valence-corrected chi connectivity index (χ1v) is 7.72. The molecule has 0 saturated carbocycles. The lowest BCUT2D eigenvalue weighted by Crippen LogP contribution is -2.14. The maximum absolute atomic E-state index is 5.84. The molecule has 0 atom stereocenters. The Bertz CT molecular complexity index is 558. The highest BCUT2D eigenvalue weighted by atomic mass is 16.5. The summed E-state index contributed by atoms with van der Waals surface area (Å²) in [5.74, 6) is 1.53. The number of hydrogen-bond donors (Lipinski definition) is 1. The third-order valence-electron chi connectivity index (χ3n) is 3.41. The van der Waals surface area contributed by atoms with Crippen LogP contribution >= 0.6 is 0 Å². The van der Waals surface area contributed by atoms with Crippen LogP contribution in [0.25, 0.3) is 0 Å². The molecule has 0 aliphatic heterocycles. The average molecular weight is 300 g/mol. The summed E-state index contributed by atoms with van der Waals surface area (Å²) in [5.41, 5.74) is 2.28. The molecule has 118 valence electrons. The van der Waals surface area contributed by atoms with E-state index >= 15 is 0 Å². The summed E-state index contributed by atoms with van der Waals surface area (Å²) in [5, 5.41) is 3.43. The van der Waals surface area contributed by atoms with Gasteiger partial charge >= 0.3 is 0 Å². The molecule has 1 N–H and O–H groups in total. The smallest absolute Gasteiger partial charge is 0.161 e. The molecule has 1 aromatic carbocycles.